The second kappa shape index (κ2) is 6.38. The molecule has 3 nitrogen and oxygen atoms in total. The Labute approximate surface area is 87.4 Å². The highest BCUT2D eigenvalue weighted by Crippen LogP contribution is 2.24. The van der Waals surface area contributed by atoms with Crippen LogP contribution in [0.1, 0.15) is 32.6 Å². The van der Waals surface area contributed by atoms with Gasteiger partial charge >= 0.3 is 0 Å². The van der Waals surface area contributed by atoms with E-state index in [0.717, 1.165) is 25.6 Å². The molecule has 1 heterocycles. The van der Waals surface area contributed by atoms with Gasteiger partial charge in [-0.2, -0.15) is 5.06 Å². The highest BCUT2D eigenvalue weighted by molar-refractivity contribution is 4.74. The predicted octanol–water partition coefficient (Wildman–Crippen LogP) is 1.72. The second-order valence-electron chi connectivity index (χ2n) is 4.52. The first-order valence-electron chi connectivity index (χ1n) is 5.84. The van der Waals surface area contributed by atoms with E-state index in [4.69, 9.17) is 0 Å². The van der Waals surface area contributed by atoms with Gasteiger partial charge in [0, 0.05) is 13.1 Å². The Hall–Kier alpha value is -0.120. The van der Waals surface area contributed by atoms with Crippen LogP contribution in [-0.2, 0) is 0 Å². The normalized spacial score (nSPS) is 25.5. The Morgan fingerprint density at radius 1 is 1.57 bits per heavy atom. The summed E-state index contributed by atoms with van der Waals surface area (Å²) in [5, 5.41) is 14.0. The van der Waals surface area contributed by atoms with E-state index in [1.165, 1.54) is 30.7 Å². The van der Waals surface area contributed by atoms with Gasteiger partial charge in [0.1, 0.15) is 0 Å². The van der Waals surface area contributed by atoms with Crippen molar-refractivity contribution in [1.82, 2.24) is 10.4 Å². The summed E-state index contributed by atoms with van der Waals surface area (Å²) in [5.41, 5.74) is 0. The van der Waals surface area contributed by atoms with Crippen molar-refractivity contribution in [3.8, 4) is 0 Å². The Bertz CT molecular complexity index is 146. The number of hydroxylamine groups is 2. The molecule has 1 aliphatic rings. The van der Waals surface area contributed by atoms with Crippen molar-refractivity contribution in [3.63, 3.8) is 0 Å². The van der Waals surface area contributed by atoms with E-state index in [-0.39, 0.29) is 0 Å². The van der Waals surface area contributed by atoms with Gasteiger partial charge in [-0.1, -0.05) is 13.3 Å². The van der Waals surface area contributed by atoms with Crippen LogP contribution in [0.4, 0.5) is 0 Å². The fourth-order valence-corrected chi connectivity index (χ4v) is 2.48. The third kappa shape index (κ3) is 3.95. The van der Waals surface area contributed by atoms with Crippen LogP contribution in [0, 0.1) is 11.8 Å². The van der Waals surface area contributed by atoms with E-state index in [0.29, 0.717) is 5.92 Å². The average molecular weight is 200 g/mol. The Morgan fingerprint density at radius 2 is 2.36 bits per heavy atom. The van der Waals surface area contributed by atoms with Crippen LogP contribution in [0.25, 0.3) is 0 Å². The topological polar surface area (TPSA) is 35.5 Å². The maximum atomic E-state index is 9.29. The maximum absolute atomic E-state index is 9.29. The molecule has 0 aliphatic carbocycles. The lowest BCUT2D eigenvalue weighted by Crippen LogP contribution is -2.22. The fraction of sp³-hybridized carbons (Fsp3) is 1.00. The lowest BCUT2D eigenvalue weighted by atomic mass is 9.90. The highest BCUT2D eigenvalue weighted by Gasteiger charge is 2.23. The SMILES string of the molecule is CCCC(CNC)CC1CCN(O)C1. The van der Waals surface area contributed by atoms with Crippen LogP contribution in [0.5, 0.6) is 0 Å². The Balaban J connectivity index is 2.24. The van der Waals surface area contributed by atoms with Crippen LogP contribution >= 0.6 is 0 Å². The zero-order valence-electron chi connectivity index (χ0n) is 9.50. The molecule has 0 aromatic carbocycles. The molecule has 1 aliphatic heterocycles. The van der Waals surface area contributed by atoms with Crippen LogP contribution in [0.2, 0.25) is 0 Å². The average Bonchev–Trinajstić information content (AvgIpc) is 2.52. The van der Waals surface area contributed by atoms with E-state index >= 15 is 0 Å². The number of rotatable bonds is 6. The molecule has 2 unspecified atom stereocenters. The molecule has 0 radical (unpaired) electrons. The van der Waals surface area contributed by atoms with Gasteiger partial charge in [0.25, 0.3) is 0 Å². The van der Waals surface area contributed by atoms with Gasteiger partial charge in [-0.25, -0.2) is 0 Å². The van der Waals surface area contributed by atoms with Crippen LogP contribution in [0.3, 0.4) is 0 Å². The Kier molecular flexibility index (Phi) is 5.45. The van der Waals surface area contributed by atoms with Crippen molar-refractivity contribution in [3.05, 3.63) is 0 Å². The predicted molar refractivity (Wildman–Crippen MR) is 58.4 cm³/mol. The van der Waals surface area contributed by atoms with Gasteiger partial charge < -0.3 is 10.5 Å². The van der Waals surface area contributed by atoms with Crippen molar-refractivity contribution >= 4 is 0 Å². The van der Waals surface area contributed by atoms with Crippen molar-refractivity contribution in [2.45, 2.75) is 32.6 Å². The van der Waals surface area contributed by atoms with Gasteiger partial charge in [-0.15, -0.1) is 0 Å². The minimum absolute atomic E-state index is 0.713. The fourth-order valence-electron chi connectivity index (χ4n) is 2.48. The third-order valence-corrected chi connectivity index (χ3v) is 3.12. The summed E-state index contributed by atoms with van der Waals surface area (Å²) in [6, 6.07) is 0. The van der Waals surface area contributed by atoms with E-state index in [1.807, 2.05) is 7.05 Å². The van der Waals surface area contributed by atoms with Gasteiger partial charge in [0.2, 0.25) is 0 Å². The van der Waals surface area contributed by atoms with Gasteiger partial charge in [-0.05, 0) is 44.7 Å². The van der Waals surface area contributed by atoms with E-state index in [9.17, 15) is 5.21 Å². The molecule has 2 atom stereocenters. The summed E-state index contributed by atoms with van der Waals surface area (Å²) in [4.78, 5) is 0. The van der Waals surface area contributed by atoms with Crippen molar-refractivity contribution in [2.24, 2.45) is 11.8 Å². The molecule has 3 heteroatoms. The van der Waals surface area contributed by atoms with Crippen LogP contribution in [0.15, 0.2) is 0 Å². The van der Waals surface area contributed by atoms with Crippen LogP contribution in [-0.4, -0.2) is 37.0 Å². The summed E-state index contributed by atoms with van der Waals surface area (Å²) in [5.74, 6) is 1.51. The minimum atomic E-state index is 0.713. The summed E-state index contributed by atoms with van der Waals surface area (Å²) in [6.07, 6.45) is 5.01. The molecule has 0 bridgehead atoms. The van der Waals surface area contributed by atoms with Gasteiger partial charge in [0.15, 0.2) is 0 Å². The molecule has 1 rings (SSSR count). The quantitative estimate of drug-likeness (QED) is 0.685. The van der Waals surface area contributed by atoms with Crippen molar-refractivity contribution in [2.75, 3.05) is 26.7 Å². The minimum Gasteiger partial charge on any atom is -0.319 e. The molecule has 84 valence electrons. The highest BCUT2D eigenvalue weighted by atomic mass is 16.5. The third-order valence-electron chi connectivity index (χ3n) is 3.12. The molecule has 0 saturated carbocycles. The lowest BCUT2D eigenvalue weighted by molar-refractivity contribution is -0.0719. The Morgan fingerprint density at radius 3 is 2.86 bits per heavy atom. The molecule has 1 fully saturated rings. The zero-order valence-corrected chi connectivity index (χ0v) is 9.50. The molecule has 0 aromatic rings. The first kappa shape index (κ1) is 12.0. The molecule has 0 aromatic heterocycles. The maximum Gasteiger partial charge on any atom is 0.0267 e. The second-order valence-corrected chi connectivity index (χ2v) is 4.52. The van der Waals surface area contributed by atoms with E-state index in [2.05, 4.69) is 12.2 Å². The lowest BCUT2D eigenvalue weighted by Gasteiger charge is -2.19. The monoisotopic (exact) mass is 200 g/mol. The summed E-state index contributed by atoms with van der Waals surface area (Å²) < 4.78 is 0. The molecule has 2 N–H and O–H groups in total. The number of hydrogen-bond donors (Lipinski definition) is 2. The van der Waals surface area contributed by atoms with E-state index in [1.54, 1.807) is 0 Å². The smallest absolute Gasteiger partial charge is 0.0267 e. The molecule has 0 amide bonds. The largest absolute Gasteiger partial charge is 0.319 e. The zero-order chi connectivity index (χ0) is 10.4. The van der Waals surface area contributed by atoms with Gasteiger partial charge in [0.05, 0.1) is 0 Å². The number of hydrogen-bond acceptors (Lipinski definition) is 3. The summed E-state index contributed by atoms with van der Waals surface area (Å²) in [7, 11) is 2.02. The molecule has 14 heavy (non-hydrogen) atoms. The van der Waals surface area contributed by atoms with E-state index < -0.39 is 0 Å². The molecular weight excluding hydrogens is 176 g/mol. The van der Waals surface area contributed by atoms with Crippen LogP contribution < -0.4 is 5.32 Å². The van der Waals surface area contributed by atoms with Crippen molar-refractivity contribution < 1.29 is 5.21 Å². The molecular formula is C11H24N2O. The van der Waals surface area contributed by atoms with Crippen molar-refractivity contribution in [1.29, 1.82) is 0 Å². The number of nitrogens with one attached hydrogen (secondary N) is 1. The summed E-state index contributed by atoms with van der Waals surface area (Å²) in [6.45, 7) is 5.11. The molecule has 1 saturated heterocycles. The summed E-state index contributed by atoms with van der Waals surface area (Å²) >= 11 is 0. The van der Waals surface area contributed by atoms with Gasteiger partial charge in [-0.3, -0.25) is 0 Å². The first-order chi connectivity index (χ1) is 6.76. The standard InChI is InChI=1S/C11H24N2O/c1-3-4-10(8-12-2)7-11-5-6-13(14)9-11/h10-12,14H,3-9H2,1-2H3. The molecule has 0 spiro atoms. The number of nitrogens with zero attached hydrogens (tertiary/aromatic N) is 1. The first-order valence-corrected chi connectivity index (χ1v) is 5.84.